The van der Waals surface area contributed by atoms with Crippen LogP contribution >= 0.6 is 11.6 Å². The van der Waals surface area contributed by atoms with Gasteiger partial charge < -0.3 is 15.0 Å². The van der Waals surface area contributed by atoms with E-state index in [2.05, 4.69) is 5.32 Å². The third-order valence-electron chi connectivity index (χ3n) is 2.86. The summed E-state index contributed by atoms with van der Waals surface area (Å²) in [6.45, 7) is 2.33. The zero-order valence-corrected chi connectivity index (χ0v) is 12.7. The summed E-state index contributed by atoms with van der Waals surface area (Å²) < 4.78 is 4.95. The number of amides is 1. The van der Waals surface area contributed by atoms with Crippen LogP contribution in [0, 0.1) is 10.1 Å². The van der Waals surface area contributed by atoms with Crippen molar-refractivity contribution in [3.05, 3.63) is 38.9 Å². The Hall–Kier alpha value is -1.70. The lowest BCUT2D eigenvalue weighted by atomic mass is 10.1. The number of halogens is 1. The number of nitro groups is 1. The van der Waals surface area contributed by atoms with E-state index >= 15 is 0 Å². The van der Waals surface area contributed by atoms with Crippen molar-refractivity contribution in [3.8, 4) is 0 Å². The van der Waals surface area contributed by atoms with Gasteiger partial charge in [-0.15, -0.1) is 0 Å². The molecule has 1 aromatic carbocycles. The van der Waals surface area contributed by atoms with E-state index in [1.165, 1.54) is 18.2 Å². The van der Waals surface area contributed by atoms with Gasteiger partial charge in [0.25, 0.3) is 11.6 Å². The van der Waals surface area contributed by atoms with E-state index in [4.69, 9.17) is 16.3 Å². The first-order valence-corrected chi connectivity index (χ1v) is 6.73. The molecule has 1 rings (SSSR count). The summed E-state index contributed by atoms with van der Waals surface area (Å²) in [5, 5.41) is 13.8. The van der Waals surface area contributed by atoms with Crippen LogP contribution in [0.15, 0.2) is 18.2 Å². The van der Waals surface area contributed by atoms with Gasteiger partial charge in [0.15, 0.2) is 0 Å². The van der Waals surface area contributed by atoms with Crippen LogP contribution in [0.3, 0.4) is 0 Å². The van der Waals surface area contributed by atoms with Gasteiger partial charge in [-0.05, 0) is 19.2 Å². The number of rotatable bonds is 8. The Morgan fingerprint density at radius 3 is 2.81 bits per heavy atom. The van der Waals surface area contributed by atoms with Crippen LogP contribution in [0.1, 0.15) is 10.4 Å². The lowest BCUT2D eigenvalue weighted by molar-refractivity contribution is -0.385. The van der Waals surface area contributed by atoms with Crippen LogP contribution in [0.4, 0.5) is 5.69 Å². The molecule has 0 aliphatic rings. The van der Waals surface area contributed by atoms with Gasteiger partial charge in [-0.25, -0.2) is 0 Å². The first kappa shape index (κ1) is 17.4. The minimum Gasteiger partial charge on any atom is -0.383 e. The van der Waals surface area contributed by atoms with E-state index in [1.807, 2.05) is 11.9 Å². The number of likely N-dealkylation sites (N-methyl/N-ethyl adjacent to an activating group) is 1. The molecule has 0 spiro atoms. The van der Waals surface area contributed by atoms with Gasteiger partial charge in [-0.3, -0.25) is 14.9 Å². The molecule has 0 saturated carbocycles. The van der Waals surface area contributed by atoms with Crippen molar-refractivity contribution in [3.63, 3.8) is 0 Å². The van der Waals surface area contributed by atoms with Crippen LogP contribution in [0.5, 0.6) is 0 Å². The highest BCUT2D eigenvalue weighted by molar-refractivity contribution is 6.31. The Morgan fingerprint density at radius 2 is 2.19 bits per heavy atom. The summed E-state index contributed by atoms with van der Waals surface area (Å²) in [6, 6.07) is 3.90. The summed E-state index contributed by atoms with van der Waals surface area (Å²) in [5.74, 6) is -0.510. The van der Waals surface area contributed by atoms with Gasteiger partial charge in [-0.1, -0.05) is 11.6 Å². The van der Waals surface area contributed by atoms with Gasteiger partial charge in [-0.2, -0.15) is 0 Å². The number of benzene rings is 1. The van der Waals surface area contributed by atoms with E-state index in [9.17, 15) is 14.9 Å². The highest BCUT2D eigenvalue weighted by Crippen LogP contribution is 2.22. The lowest BCUT2D eigenvalue weighted by Gasteiger charge is -2.16. The predicted octanol–water partition coefficient (Wildman–Crippen LogP) is 1.56. The topological polar surface area (TPSA) is 84.7 Å². The van der Waals surface area contributed by atoms with Crippen molar-refractivity contribution in [2.45, 2.75) is 0 Å². The van der Waals surface area contributed by atoms with Crippen molar-refractivity contribution in [2.75, 3.05) is 40.4 Å². The average molecular weight is 316 g/mol. The molecule has 21 heavy (non-hydrogen) atoms. The largest absolute Gasteiger partial charge is 0.383 e. The second kappa shape index (κ2) is 8.56. The first-order chi connectivity index (χ1) is 9.95. The van der Waals surface area contributed by atoms with Crippen LogP contribution < -0.4 is 5.32 Å². The summed E-state index contributed by atoms with van der Waals surface area (Å²) in [6.07, 6.45) is 0. The number of hydrogen-bond acceptors (Lipinski definition) is 5. The van der Waals surface area contributed by atoms with E-state index in [1.54, 1.807) is 7.11 Å². The van der Waals surface area contributed by atoms with Gasteiger partial charge in [0.1, 0.15) is 5.56 Å². The van der Waals surface area contributed by atoms with Crippen molar-refractivity contribution in [2.24, 2.45) is 0 Å². The van der Waals surface area contributed by atoms with Gasteiger partial charge in [0.2, 0.25) is 0 Å². The Morgan fingerprint density at radius 1 is 1.48 bits per heavy atom. The Bertz CT molecular complexity index is 510. The van der Waals surface area contributed by atoms with Crippen LogP contribution in [-0.4, -0.2) is 56.1 Å². The highest BCUT2D eigenvalue weighted by atomic mass is 35.5. The molecule has 1 aromatic rings. The zero-order chi connectivity index (χ0) is 15.8. The predicted molar refractivity (Wildman–Crippen MR) is 79.8 cm³/mol. The van der Waals surface area contributed by atoms with Crippen molar-refractivity contribution >= 4 is 23.2 Å². The van der Waals surface area contributed by atoms with E-state index in [0.717, 1.165) is 6.54 Å². The molecule has 0 radical (unpaired) electrons. The van der Waals surface area contributed by atoms with Crippen molar-refractivity contribution < 1.29 is 14.5 Å². The molecule has 116 valence electrons. The van der Waals surface area contributed by atoms with Gasteiger partial charge in [0.05, 0.1) is 11.5 Å². The maximum absolute atomic E-state index is 12.0. The third kappa shape index (κ3) is 5.66. The van der Waals surface area contributed by atoms with Crippen molar-refractivity contribution in [1.29, 1.82) is 0 Å². The maximum Gasteiger partial charge on any atom is 0.282 e. The quantitative estimate of drug-likeness (QED) is 0.581. The van der Waals surface area contributed by atoms with Crippen LogP contribution in [-0.2, 0) is 4.74 Å². The summed E-state index contributed by atoms with van der Waals surface area (Å²) >= 11 is 5.78. The first-order valence-electron chi connectivity index (χ1n) is 6.35. The number of hydrogen-bond donors (Lipinski definition) is 1. The monoisotopic (exact) mass is 315 g/mol. The molecule has 1 amide bonds. The number of nitrogens with zero attached hydrogens (tertiary/aromatic N) is 2. The molecule has 8 heteroatoms. The molecular formula is C13H18ClN3O4. The summed E-state index contributed by atoms with van der Waals surface area (Å²) in [4.78, 5) is 24.3. The smallest absolute Gasteiger partial charge is 0.282 e. The number of nitrogens with one attached hydrogen (secondary N) is 1. The maximum atomic E-state index is 12.0. The molecule has 0 saturated heterocycles. The van der Waals surface area contributed by atoms with Gasteiger partial charge >= 0.3 is 0 Å². The number of carbonyl (C=O) groups excluding carboxylic acids is 1. The summed E-state index contributed by atoms with van der Waals surface area (Å²) in [7, 11) is 3.51. The molecule has 1 N–H and O–H groups in total. The van der Waals surface area contributed by atoms with E-state index < -0.39 is 10.8 Å². The number of carbonyl (C=O) groups is 1. The van der Waals surface area contributed by atoms with Crippen LogP contribution in [0.25, 0.3) is 0 Å². The second-order valence-corrected chi connectivity index (χ2v) is 4.91. The van der Waals surface area contributed by atoms with Gasteiger partial charge in [0, 0.05) is 37.8 Å². The lowest BCUT2D eigenvalue weighted by Crippen LogP contribution is -2.34. The molecule has 0 unspecified atom stereocenters. The Balaban J connectivity index is 2.60. The Labute approximate surface area is 128 Å². The molecule has 0 bridgehead atoms. The second-order valence-electron chi connectivity index (χ2n) is 4.47. The number of methoxy groups -OCH3 is 1. The fourth-order valence-electron chi connectivity index (χ4n) is 1.66. The fourth-order valence-corrected chi connectivity index (χ4v) is 1.84. The number of ether oxygens (including phenoxy) is 1. The van der Waals surface area contributed by atoms with E-state index in [0.29, 0.717) is 19.7 Å². The highest BCUT2D eigenvalue weighted by Gasteiger charge is 2.20. The normalized spacial score (nSPS) is 10.7. The minimum absolute atomic E-state index is 0.0351. The SMILES string of the molecule is COCCN(C)CCNC(=O)c1cc(Cl)ccc1[N+](=O)[O-]. The Kier molecular flexibility index (Phi) is 7.07. The molecule has 0 heterocycles. The standard InChI is InChI=1S/C13H18ClN3O4/c1-16(7-8-21-2)6-5-15-13(18)11-9-10(14)3-4-12(11)17(19)20/h3-4,9H,5-8H2,1-2H3,(H,15,18). The zero-order valence-electron chi connectivity index (χ0n) is 12.0. The molecular weight excluding hydrogens is 298 g/mol. The van der Waals surface area contributed by atoms with E-state index in [-0.39, 0.29) is 16.3 Å². The third-order valence-corrected chi connectivity index (χ3v) is 3.09. The minimum atomic E-state index is -0.601. The molecule has 0 fully saturated rings. The molecule has 0 aliphatic carbocycles. The van der Waals surface area contributed by atoms with Crippen LogP contribution in [0.2, 0.25) is 5.02 Å². The average Bonchev–Trinajstić information content (AvgIpc) is 2.44. The fraction of sp³-hybridized carbons (Fsp3) is 0.462. The number of nitro benzene ring substituents is 1. The molecule has 7 nitrogen and oxygen atoms in total. The molecule has 0 atom stereocenters. The van der Waals surface area contributed by atoms with Crippen molar-refractivity contribution in [1.82, 2.24) is 10.2 Å². The molecule has 0 aliphatic heterocycles. The summed E-state index contributed by atoms with van der Waals surface area (Å²) in [5.41, 5.74) is -0.295. The molecule has 0 aromatic heterocycles.